The monoisotopic (exact) mass is 271 g/mol. The molecule has 3 rings (SSSR count). The molecule has 0 aliphatic carbocycles. The Morgan fingerprint density at radius 2 is 2.20 bits per heavy atom. The van der Waals surface area contributed by atoms with Crippen LogP contribution in [-0.4, -0.2) is 19.8 Å². The van der Waals surface area contributed by atoms with Crippen molar-refractivity contribution >= 4 is 5.65 Å². The molecule has 3 aromatic rings. The van der Waals surface area contributed by atoms with Gasteiger partial charge < -0.3 is 10.5 Å². The van der Waals surface area contributed by atoms with Crippen LogP contribution in [0.2, 0.25) is 0 Å². The maximum absolute atomic E-state index is 11.5. The van der Waals surface area contributed by atoms with Crippen molar-refractivity contribution < 1.29 is 4.74 Å². The Morgan fingerprint density at radius 1 is 1.35 bits per heavy atom. The van der Waals surface area contributed by atoms with E-state index in [9.17, 15) is 4.79 Å². The molecule has 0 unspecified atom stereocenters. The minimum absolute atomic E-state index is 0.318. The third-order valence-corrected chi connectivity index (χ3v) is 2.95. The lowest BCUT2D eigenvalue weighted by molar-refractivity contribution is 0.447. The van der Waals surface area contributed by atoms with Gasteiger partial charge in [0.2, 0.25) is 5.88 Å². The van der Waals surface area contributed by atoms with Gasteiger partial charge in [-0.05, 0) is 30.2 Å². The Bertz CT molecular complexity index is 821. The first-order valence-corrected chi connectivity index (χ1v) is 6.09. The highest BCUT2D eigenvalue weighted by Crippen LogP contribution is 2.24. The molecule has 0 amide bonds. The summed E-state index contributed by atoms with van der Waals surface area (Å²) in [5, 5.41) is 10.2. The van der Waals surface area contributed by atoms with Gasteiger partial charge in [-0.1, -0.05) is 12.1 Å². The fourth-order valence-corrected chi connectivity index (χ4v) is 1.83. The molecule has 2 heterocycles. The van der Waals surface area contributed by atoms with E-state index in [1.807, 2.05) is 25.1 Å². The van der Waals surface area contributed by atoms with Gasteiger partial charge in [0, 0.05) is 12.6 Å². The zero-order valence-electron chi connectivity index (χ0n) is 10.8. The molecule has 0 fully saturated rings. The zero-order valence-corrected chi connectivity index (χ0v) is 10.8. The number of nitrogens with zero attached hydrogens (tertiary/aromatic N) is 3. The number of hydrogen-bond donors (Lipinski definition) is 2. The highest BCUT2D eigenvalue weighted by atomic mass is 16.5. The molecule has 1 aromatic carbocycles. The molecule has 20 heavy (non-hydrogen) atoms. The summed E-state index contributed by atoms with van der Waals surface area (Å²) in [6.45, 7) is 2.36. The van der Waals surface area contributed by atoms with Gasteiger partial charge in [0.1, 0.15) is 5.75 Å². The van der Waals surface area contributed by atoms with Crippen LogP contribution in [0.25, 0.3) is 5.65 Å². The normalized spacial score (nSPS) is 10.9. The maximum Gasteiger partial charge on any atom is 0.364 e. The van der Waals surface area contributed by atoms with E-state index >= 15 is 0 Å². The number of benzene rings is 1. The fraction of sp³-hybridized carbons (Fsp3) is 0.154. The molecule has 2 aromatic heterocycles. The zero-order chi connectivity index (χ0) is 14.1. The van der Waals surface area contributed by atoms with E-state index in [-0.39, 0.29) is 0 Å². The van der Waals surface area contributed by atoms with Crippen molar-refractivity contribution in [3.05, 3.63) is 51.9 Å². The SMILES string of the molecule is Cc1ccc(CN)cc1Oc1ccc2n[nH]c(=O)n2n1. The van der Waals surface area contributed by atoms with Gasteiger partial charge in [0.05, 0.1) is 0 Å². The van der Waals surface area contributed by atoms with E-state index in [2.05, 4.69) is 15.3 Å². The van der Waals surface area contributed by atoms with Crippen LogP contribution < -0.4 is 16.2 Å². The average molecular weight is 271 g/mol. The van der Waals surface area contributed by atoms with E-state index in [0.29, 0.717) is 23.8 Å². The first-order chi connectivity index (χ1) is 9.67. The van der Waals surface area contributed by atoms with Crippen LogP contribution in [0.3, 0.4) is 0 Å². The van der Waals surface area contributed by atoms with Crippen molar-refractivity contribution in [3.63, 3.8) is 0 Å². The molecule has 0 atom stereocenters. The van der Waals surface area contributed by atoms with E-state index in [1.54, 1.807) is 12.1 Å². The van der Waals surface area contributed by atoms with E-state index in [1.165, 1.54) is 0 Å². The Balaban J connectivity index is 2.00. The summed E-state index contributed by atoms with van der Waals surface area (Å²) in [5.41, 5.74) is 7.58. The molecule has 3 N–H and O–H groups in total. The molecule has 0 saturated carbocycles. The largest absolute Gasteiger partial charge is 0.437 e. The summed E-state index contributed by atoms with van der Waals surface area (Å²) < 4.78 is 6.87. The van der Waals surface area contributed by atoms with Crippen LogP contribution in [0, 0.1) is 6.92 Å². The predicted molar refractivity (Wildman–Crippen MR) is 72.8 cm³/mol. The number of aryl methyl sites for hydroxylation is 1. The van der Waals surface area contributed by atoms with Crippen molar-refractivity contribution in [3.8, 4) is 11.6 Å². The van der Waals surface area contributed by atoms with Gasteiger partial charge >= 0.3 is 5.69 Å². The number of nitrogens with one attached hydrogen (secondary N) is 1. The molecule has 0 spiro atoms. The smallest absolute Gasteiger partial charge is 0.364 e. The molecule has 7 nitrogen and oxygen atoms in total. The third-order valence-electron chi connectivity index (χ3n) is 2.95. The topological polar surface area (TPSA) is 98.3 Å². The van der Waals surface area contributed by atoms with Gasteiger partial charge in [-0.2, -0.15) is 9.61 Å². The molecule has 0 radical (unpaired) electrons. The predicted octanol–water partition coefficient (Wildman–Crippen LogP) is 0.977. The highest BCUT2D eigenvalue weighted by Gasteiger charge is 2.07. The second kappa shape index (κ2) is 4.78. The summed E-state index contributed by atoms with van der Waals surface area (Å²) in [4.78, 5) is 11.5. The van der Waals surface area contributed by atoms with Gasteiger partial charge in [-0.15, -0.1) is 5.10 Å². The maximum atomic E-state index is 11.5. The molecule has 7 heteroatoms. The molecular formula is C13H13N5O2. The first-order valence-electron chi connectivity index (χ1n) is 6.09. The minimum Gasteiger partial charge on any atom is -0.437 e. The Morgan fingerprint density at radius 3 is 3.00 bits per heavy atom. The second-order valence-electron chi connectivity index (χ2n) is 4.38. The number of H-pyrrole nitrogens is 1. The highest BCUT2D eigenvalue weighted by molar-refractivity contribution is 5.40. The van der Waals surface area contributed by atoms with Crippen molar-refractivity contribution in [2.24, 2.45) is 5.73 Å². The van der Waals surface area contributed by atoms with E-state index < -0.39 is 5.69 Å². The number of nitrogens with two attached hydrogens (primary N) is 1. The van der Waals surface area contributed by atoms with Gasteiger partial charge in [0.25, 0.3) is 0 Å². The van der Waals surface area contributed by atoms with Crippen LogP contribution >= 0.6 is 0 Å². The van der Waals surface area contributed by atoms with Crippen molar-refractivity contribution in [1.82, 2.24) is 19.8 Å². The standard InChI is InChI=1S/C13H13N5O2/c1-8-2-3-9(7-14)6-10(8)20-12-5-4-11-15-16-13(19)18(11)17-12/h2-6H,7,14H2,1H3,(H,16,19). The number of aromatic amines is 1. The lowest BCUT2D eigenvalue weighted by Gasteiger charge is -2.09. The number of rotatable bonds is 3. The van der Waals surface area contributed by atoms with Crippen LogP contribution in [0.1, 0.15) is 11.1 Å². The quantitative estimate of drug-likeness (QED) is 0.739. The Kier molecular flexibility index (Phi) is 2.96. The van der Waals surface area contributed by atoms with Crippen LogP contribution in [0.4, 0.5) is 0 Å². The molecule has 0 aliphatic heterocycles. The average Bonchev–Trinajstić information content (AvgIpc) is 2.83. The lowest BCUT2D eigenvalue weighted by Crippen LogP contribution is -2.12. The lowest BCUT2D eigenvalue weighted by atomic mass is 10.1. The number of fused-ring (bicyclic) bond motifs is 1. The number of aromatic nitrogens is 4. The van der Waals surface area contributed by atoms with Crippen molar-refractivity contribution in [2.45, 2.75) is 13.5 Å². The minimum atomic E-state index is -0.405. The number of ether oxygens (including phenoxy) is 1. The first kappa shape index (κ1) is 12.4. The van der Waals surface area contributed by atoms with Crippen LogP contribution in [0.5, 0.6) is 11.6 Å². The molecule has 0 aliphatic rings. The summed E-state index contributed by atoms with van der Waals surface area (Å²) in [6.07, 6.45) is 0. The number of hydrogen-bond acceptors (Lipinski definition) is 5. The molecule has 0 saturated heterocycles. The van der Waals surface area contributed by atoms with Crippen molar-refractivity contribution in [1.29, 1.82) is 0 Å². The molecule has 102 valence electrons. The summed E-state index contributed by atoms with van der Waals surface area (Å²) in [6, 6.07) is 9.05. The molecule has 0 bridgehead atoms. The summed E-state index contributed by atoms with van der Waals surface area (Å²) in [7, 11) is 0. The summed E-state index contributed by atoms with van der Waals surface area (Å²) >= 11 is 0. The molecular weight excluding hydrogens is 258 g/mol. The van der Waals surface area contributed by atoms with Crippen LogP contribution in [0.15, 0.2) is 35.1 Å². The Labute approximate surface area is 114 Å². The van der Waals surface area contributed by atoms with Crippen LogP contribution in [-0.2, 0) is 6.54 Å². The Hall–Kier alpha value is -2.67. The van der Waals surface area contributed by atoms with Gasteiger partial charge in [-0.25, -0.2) is 9.89 Å². The summed E-state index contributed by atoms with van der Waals surface area (Å²) in [5.74, 6) is 0.981. The second-order valence-corrected chi connectivity index (χ2v) is 4.38. The van der Waals surface area contributed by atoms with Gasteiger partial charge in [-0.3, -0.25) is 0 Å². The fourth-order valence-electron chi connectivity index (χ4n) is 1.83. The van der Waals surface area contributed by atoms with E-state index in [4.69, 9.17) is 10.5 Å². The van der Waals surface area contributed by atoms with E-state index in [0.717, 1.165) is 15.6 Å². The third kappa shape index (κ3) is 2.14. The van der Waals surface area contributed by atoms with Crippen molar-refractivity contribution in [2.75, 3.05) is 0 Å². The van der Waals surface area contributed by atoms with Gasteiger partial charge in [0.15, 0.2) is 5.65 Å².